The van der Waals surface area contributed by atoms with Crippen molar-refractivity contribution in [1.82, 2.24) is 4.90 Å². The number of hydrogen-bond acceptors (Lipinski definition) is 5. The number of ether oxygens (including phenoxy) is 2. The van der Waals surface area contributed by atoms with Crippen molar-refractivity contribution >= 4 is 5.97 Å². The topological polar surface area (TPSA) is 79.2 Å². The molecule has 1 fully saturated rings. The zero-order valence-corrected chi connectivity index (χ0v) is 11.6. The lowest BCUT2D eigenvalue weighted by Gasteiger charge is -2.47. The number of hydrogen-bond donors (Lipinski definition) is 2. The number of phenols is 1. The van der Waals surface area contributed by atoms with Gasteiger partial charge in [-0.1, -0.05) is 0 Å². The first-order chi connectivity index (χ1) is 9.42. The van der Waals surface area contributed by atoms with Crippen LogP contribution in [0.3, 0.4) is 0 Å². The van der Waals surface area contributed by atoms with Crippen molar-refractivity contribution in [3.8, 4) is 11.5 Å². The minimum Gasteiger partial charge on any atom is -0.508 e. The summed E-state index contributed by atoms with van der Waals surface area (Å²) in [6, 6.07) is 5.10. The van der Waals surface area contributed by atoms with Crippen LogP contribution in [-0.2, 0) is 16.1 Å². The van der Waals surface area contributed by atoms with Gasteiger partial charge < -0.3 is 19.7 Å². The maximum atomic E-state index is 10.5. The first-order valence-electron chi connectivity index (χ1n) is 6.36. The Labute approximate surface area is 117 Å². The predicted molar refractivity (Wildman–Crippen MR) is 71.9 cm³/mol. The molecule has 110 valence electrons. The second kappa shape index (κ2) is 5.68. The lowest BCUT2D eigenvalue weighted by molar-refractivity contribution is -0.165. The first kappa shape index (κ1) is 14.6. The summed E-state index contributed by atoms with van der Waals surface area (Å²) in [5, 5.41) is 18.4. The standard InChI is InChI=1S/C14H19NO5/c1-14(20-7-13(17)18)8-15(9-14)6-10-5-11(19-2)3-4-12(10)16/h3-5,16H,6-9H2,1-2H3,(H,17,18). The van der Waals surface area contributed by atoms with Crippen molar-refractivity contribution in [3.05, 3.63) is 23.8 Å². The van der Waals surface area contributed by atoms with Crippen molar-refractivity contribution in [2.24, 2.45) is 0 Å². The fraction of sp³-hybridized carbons (Fsp3) is 0.500. The summed E-state index contributed by atoms with van der Waals surface area (Å²) in [5.74, 6) is -0.0378. The predicted octanol–water partition coefficient (Wildman–Crippen LogP) is 1.08. The van der Waals surface area contributed by atoms with E-state index in [1.807, 2.05) is 6.92 Å². The van der Waals surface area contributed by atoms with Gasteiger partial charge >= 0.3 is 5.97 Å². The molecule has 0 aliphatic carbocycles. The molecule has 2 rings (SSSR count). The number of phenolic OH excluding ortho intramolecular Hbond substituents is 1. The van der Waals surface area contributed by atoms with Crippen LogP contribution in [-0.4, -0.2) is 53.5 Å². The number of aliphatic carboxylic acids is 1. The number of carbonyl (C=O) groups is 1. The van der Waals surface area contributed by atoms with Crippen LogP contribution in [0.4, 0.5) is 0 Å². The SMILES string of the molecule is COc1ccc(O)c(CN2CC(C)(OCC(=O)O)C2)c1. The van der Waals surface area contributed by atoms with Crippen LogP contribution in [0.25, 0.3) is 0 Å². The second-order valence-electron chi connectivity index (χ2n) is 5.27. The Morgan fingerprint density at radius 1 is 1.45 bits per heavy atom. The van der Waals surface area contributed by atoms with Crippen molar-refractivity contribution in [2.45, 2.75) is 19.1 Å². The largest absolute Gasteiger partial charge is 0.508 e. The van der Waals surface area contributed by atoms with Crippen LogP contribution in [0.2, 0.25) is 0 Å². The minimum absolute atomic E-state index is 0.228. The van der Waals surface area contributed by atoms with E-state index in [1.54, 1.807) is 25.3 Å². The lowest BCUT2D eigenvalue weighted by Crippen LogP contribution is -2.61. The van der Waals surface area contributed by atoms with Crippen molar-refractivity contribution in [1.29, 1.82) is 0 Å². The van der Waals surface area contributed by atoms with Gasteiger partial charge in [0.05, 0.1) is 12.7 Å². The Balaban J connectivity index is 1.89. The van der Waals surface area contributed by atoms with Gasteiger partial charge in [-0.15, -0.1) is 0 Å². The van der Waals surface area contributed by atoms with Crippen molar-refractivity contribution in [3.63, 3.8) is 0 Å². The third-order valence-corrected chi connectivity index (χ3v) is 3.34. The maximum Gasteiger partial charge on any atom is 0.329 e. The van der Waals surface area contributed by atoms with Crippen LogP contribution in [0, 0.1) is 0 Å². The number of methoxy groups -OCH3 is 1. The fourth-order valence-electron chi connectivity index (χ4n) is 2.40. The molecule has 2 N–H and O–H groups in total. The van der Waals surface area contributed by atoms with Gasteiger partial charge in [0.25, 0.3) is 0 Å². The molecule has 1 aromatic carbocycles. The number of benzene rings is 1. The average molecular weight is 281 g/mol. The van der Waals surface area contributed by atoms with Crippen LogP contribution in [0.1, 0.15) is 12.5 Å². The summed E-state index contributed by atoms with van der Waals surface area (Å²) >= 11 is 0. The van der Waals surface area contributed by atoms with E-state index in [9.17, 15) is 9.90 Å². The molecular weight excluding hydrogens is 262 g/mol. The molecule has 0 aromatic heterocycles. The number of aromatic hydroxyl groups is 1. The van der Waals surface area contributed by atoms with E-state index < -0.39 is 11.6 Å². The minimum atomic E-state index is -0.963. The number of likely N-dealkylation sites (tertiary alicyclic amines) is 1. The number of nitrogens with zero attached hydrogens (tertiary/aromatic N) is 1. The Morgan fingerprint density at radius 3 is 2.75 bits per heavy atom. The van der Waals surface area contributed by atoms with Gasteiger partial charge in [0, 0.05) is 25.2 Å². The zero-order chi connectivity index (χ0) is 14.8. The molecule has 0 spiro atoms. The molecule has 1 aliphatic heterocycles. The third-order valence-electron chi connectivity index (χ3n) is 3.34. The highest BCUT2D eigenvalue weighted by molar-refractivity contribution is 5.68. The van der Waals surface area contributed by atoms with Gasteiger partial charge in [0.2, 0.25) is 0 Å². The molecule has 0 bridgehead atoms. The molecule has 0 saturated carbocycles. The van der Waals surface area contributed by atoms with Gasteiger partial charge in [0.1, 0.15) is 18.1 Å². The molecule has 0 radical (unpaired) electrons. The highest BCUT2D eigenvalue weighted by Crippen LogP contribution is 2.30. The molecule has 1 aliphatic rings. The van der Waals surface area contributed by atoms with Gasteiger partial charge in [-0.05, 0) is 25.1 Å². The summed E-state index contributed by atoms with van der Waals surface area (Å²) in [4.78, 5) is 12.6. The first-order valence-corrected chi connectivity index (χ1v) is 6.36. The summed E-state index contributed by atoms with van der Waals surface area (Å²) in [7, 11) is 1.58. The number of carboxylic acid groups (broad SMARTS) is 1. The van der Waals surface area contributed by atoms with Gasteiger partial charge in [-0.2, -0.15) is 0 Å². The normalized spacial score (nSPS) is 17.5. The van der Waals surface area contributed by atoms with Crippen molar-refractivity contribution < 1.29 is 24.5 Å². The lowest BCUT2D eigenvalue weighted by atomic mass is 9.95. The number of rotatable bonds is 6. The monoisotopic (exact) mass is 281 g/mol. The quantitative estimate of drug-likeness (QED) is 0.812. The van der Waals surface area contributed by atoms with Crippen molar-refractivity contribution in [2.75, 3.05) is 26.8 Å². The Bertz CT molecular complexity index is 496. The Kier molecular flexibility index (Phi) is 4.15. The van der Waals surface area contributed by atoms with Gasteiger partial charge in [-0.3, -0.25) is 4.90 Å². The molecule has 1 heterocycles. The Hall–Kier alpha value is -1.79. The number of carboxylic acids is 1. The molecule has 0 amide bonds. The smallest absolute Gasteiger partial charge is 0.329 e. The van der Waals surface area contributed by atoms with E-state index in [1.165, 1.54) is 0 Å². The van der Waals surface area contributed by atoms with Gasteiger partial charge in [0.15, 0.2) is 0 Å². The molecule has 20 heavy (non-hydrogen) atoms. The summed E-state index contributed by atoms with van der Waals surface area (Å²) < 4.78 is 10.5. The zero-order valence-electron chi connectivity index (χ0n) is 11.6. The van der Waals surface area contributed by atoms with Gasteiger partial charge in [-0.25, -0.2) is 4.79 Å². The van der Waals surface area contributed by atoms with E-state index >= 15 is 0 Å². The van der Waals surface area contributed by atoms with E-state index in [4.69, 9.17) is 14.6 Å². The molecular formula is C14H19NO5. The van der Waals surface area contributed by atoms with E-state index in [0.717, 1.165) is 5.56 Å². The molecule has 6 heteroatoms. The van der Waals surface area contributed by atoms with E-state index in [-0.39, 0.29) is 12.4 Å². The fourth-order valence-corrected chi connectivity index (χ4v) is 2.40. The summed E-state index contributed by atoms with van der Waals surface area (Å²) in [5.41, 5.74) is 0.358. The van der Waals surface area contributed by atoms with Crippen LogP contribution < -0.4 is 4.74 Å². The molecule has 1 saturated heterocycles. The van der Waals surface area contributed by atoms with E-state index in [2.05, 4.69) is 4.90 Å². The van der Waals surface area contributed by atoms with Crippen LogP contribution in [0.15, 0.2) is 18.2 Å². The highest BCUT2D eigenvalue weighted by Gasteiger charge is 2.40. The molecule has 1 aromatic rings. The summed E-state index contributed by atoms with van der Waals surface area (Å²) in [6.45, 7) is 3.45. The van der Waals surface area contributed by atoms with Crippen LogP contribution >= 0.6 is 0 Å². The summed E-state index contributed by atoms with van der Waals surface area (Å²) in [6.07, 6.45) is 0. The highest BCUT2D eigenvalue weighted by atomic mass is 16.5. The molecule has 0 atom stereocenters. The Morgan fingerprint density at radius 2 is 2.15 bits per heavy atom. The molecule has 0 unspecified atom stereocenters. The maximum absolute atomic E-state index is 10.5. The van der Waals surface area contributed by atoms with Crippen LogP contribution in [0.5, 0.6) is 11.5 Å². The third kappa shape index (κ3) is 3.40. The second-order valence-corrected chi connectivity index (χ2v) is 5.27. The van der Waals surface area contributed by atoms with E-state index in [0.29, 0.717) is 25.4 Å². The molecule has 6 nitrogen and oxygen atoms in total. The average Bonchev–Trinajstić information content (AvgIpc) is 2.37.